The van der Waals surface area contributed by atoms with Crippen molar-refractivity contribution in [2.75, 3.05) is 26.4 Å². The fourth-order valence-electron chi connectivity index (χ4n) is 7.20. The molecule has 4 aromatic carbocycles. The van der Waals surface area contributed by atoms with Crippen molar-refractivity contribution in [3.05, 3.63) is 119 Å². The largest absolute Gasteiger partial charge is 0.494 e. The molecule has 6 nitrogen and oxygen atoms in total. The van der Waals surface area contributed by atoms with Crippen molar-refractivity contribution < 1.29 is 28.4 Å². The van der Waals surface area contributed by atoms with Crippen molar-refractivity contribution in [1.82, 2.24) is 0 Å². The molecule has 6 heteroatoms. The minimum Gasteiger partial charge on any atom is -0.494 e. The molecule has 2 heterocycles. The Hall–Kier alpha value is -3.68. The van der Waals surface area contributed by atoms with Gasteiger partial charge in [-0.2, -0.15) is 0 Å². The van der Waals surface area contributed by atoms with Crippen molar-refractivity contribution >= 4 is 0 Å². The van der Waals surface area contributed by atoms with E-state index in [0.29, 0.717) is 13.2 Å². The molecule has 0 spiro atoms. The molecule has 0 bridgehead atoms. The van der Waals surface area contributed by atoms with E-state index in [1.54, 1.807) is 0 Å². The first kappa shape index (κ1) is 33.8. The third kappa shape index (κ3) is 7.89. The van der Waals surface area contributed by atoms with Gasteiger partial charge in [0.25, 0.3) is 0 Å². The molecule has 3 aliphatic rings. The smallest absolute Gasteiger partial charge is 0.184 e. The van der Waals surface area contributed by atoms with E-state index in [0.717, 1.165) is 76.1 Å². The molecule has 1 aliphatic carbocycles. The molecule has 49 heavy (non-hydrogen) atoms. The maximum absolute atomic E-state index is 6.20. The average molecular weight is 663 g/mol. The van der Waals surface area contributed by atoms with E-state index in [9.17, 15) is 0 Å². The highest BCUT2D eigenvalue weighted by Crippen LogP contribution is 2.56. The second kappa shape index (κ2) is 15.9. The number of ether oxygens (including phenoxy) is 6. The van der Waals surface area contributed by atoms with Crippen LogP contribution in [0.5, 0.6) is 11.5 Å². The summed E-state index contributed by atoms with van der Waals surface area (Å²) in [7, 11) is 0. The van der Waals surface area contributed by atoms with Crippen LogP contribution in [0.25, 0.3) is 11.1 Å². The van der Waals surface area contributed by atoms with Crippen molar-refractivity contribution in [2.24, 2.45) is 0 Å². The topological polar surface area (TPSA) is 62.0 Å². The molecule has 7 rings (SSSR count). The predicted molar refractivity (Wildman–Crippen MR) is 192 cm³/mol. The maximum Gasteiger partial charge on any atom is 0.184 e. The van der Waals surface area contributed by atoms with Gasteiger partial charge in [-0.05, 0) is 110 Å². The number of rotatable bonds is 20. The summed E-state index contributed by atoms with van der Waals surface area (Å²) in [6.45, 7) is 7.06. The van der Waals surface area contributed by atoms with Crippen LogP contribution in [0.15, 0.2) is 97.1 Å². The first-order valence-corrected chi connectivity index (χ1v) is 18.3. The van der Waals surface area contributed by atoms with Gasteiger partial charge >= 0.3 is 0 Å². The average Bonchev–Trinajstić information content (AvgIpc) is 4.02. The van der Waals surface area contributed by atoms with Crippen molar-refractivity contribution in [1.29, 1.82) is 0 Å². The van der Waals surface area contributed by atoms with Gasteiger partial charge in [0.05, 0.1) is 18.6 Å². The molecular weight excluding hydrogens is 612 g/mol. The number of unbranched alkanes of at least 4 members (excludes halogenated alkanes) is 6. The number of benzene rings is 4. The number of epoxide rings is 2. The van der Waals surface area contributed by atoms with Crippen LogP contribution in [-0.4, -0.2) is 51.2 Å². The lowest BCUT2D eigenvalue weighted by Gasteiger charge is -2.34. The van der Waals surface area contributed by atoms with Gasteiger partial charge < -0.3 is 28.4 Å². The monoisotopic (exact) mass is 662 g/mol. The van der Waals surface area contributed by atoms with Crippen molar-refractivity contribution in [2.45, 2.75) is 95.4 Å². The van der Waals surface area contributed by atoms with Gasteiger partial charge in [0.1, 0.15) is 23.7 Å². The summed E-state index contributed by atoms with van der Waals surface area (Å²) in [5, 5.41) is 0. The first-order valence-electron chi connectivity index (χ1n) is 18.3. The fraction of sp³-hybridized carbons (Fsp3) is 0.442. The molecule has 258 valence electrons. The Morgan fingerprint density at radius 3 is 1.22 bits per heavy atom. The lowest BCUT2D eigenvalue weighted by molar-refractivity contribution is 0.0475. The van der Waals surface area contributed by atoms with E-state index < -0.39 is 5.41 Å². The third-order valence-corrected chi connectivity index (χ3v) is 10.0. The number of hydrogen-bond donors (Lipinski definition) is 0. The molecule has 4 unspecified atom stereocenters. The zero-order valence-corrected chi connectivity index (χ0v) is 29.0. The lowest BCUT2D eigenvalue weighted by atomic mass is 9.68. The van der Waals surface area contributed by atoms with E-state index in [2.05, 4.69) is 97.1 Å². The van der Waals surface area contributed by atoms with Crippen LogP contribution in [-0.2, 0) is 24.4 Å². The number of fused-ring (bicyclic) bond motifs is 3. The van der Waals surface area contributed by atoms with E-state index >= 15 is 0 Å². The molecule has 0 N–H and O–H groups in total. The Kier molecular flexibility index (Phi) is 11.0. The summed E-state index contributed by atoms with van der Waals surface area (Å²) >= 11 is 0. The van der Waals surface area contributed by atoms with Gasteiger partial charge in [0, 0.05) is 13.2 Å². The fourth-order valence-corrected chi connectivity index (χ4v) is 7.20. The lowest BCUT2D eigenvalue weighted by Crippen LogP contribution is -2.28. The van der Waals surface area contributed by atoms with Crippen molar-refractivity contribution in [3.8, 4) is 22.6 Å². The summed E-state index contributed by atoms with van der Waals surface area (Å²) in [5.41, 5.74) is 7.19. The van der Waals surface area contributed by atoms with Gasteiger partial charge in [-0.25, -0.2) is 0 Å². The van der Waals surface area contributed by atoms with Crippen LogP contribution < -0.4 is 9.47 Å². The van der Waals surface area contributed by atoms with Gasteiger partial charge in [-0.15, -0.1) is 0 Å². The molecule has 4 atom stereocenters. The highest BCUT2D eigenvalue weighted by molar-refractivity contribution is 5.86. The molecular formula is C43H50O6. The molecule has 0 radical (unpaired) electrons. The summed E-state index contributed by atoms with van der Waals surface area (Å²) in [6, 6.07) is 35.2. The third-order valence-electron chi connectivity index (χ3n) is 10.0. The van der Waals surface area contributed by atoms with Gasteiger partial charge in [-0.1, -0.05) is 85.6 Å². The van der Waals surface area contributed by atoms with Crippen LogP contribution >= 0.6 is 0 Å². The highest BCUT2D eigenvalue weighted by atomic mass is 16.8. The minimum absolute atomic E-state index is 0.0266. The summed E-state index contributed by atoms with van der Waals surface area (Å²) in [4.78, 5) is 0. The molecule has 0 amide bonds. The quantitative estimate of drug-likeness (QED) is 0.0611. The minimum atomic E-state index is -0.443. The molecule has 0 saturated carbocycles. The molecule has 0 aromatic heterocycles. The zero-order chi connectivity index (χ0) is 33.5. The van der Waals surface area contributed by atoms with Gasteiger partial charge in [0.15, 0.2) is 12.6 Å². The normalized spacial score (nSPS) is 21.2. The first-order chi connectivity index (χ1) is 24.1. The SMILES string of the molecule is CC1OC1OCCCCCCOc1ccc(C2(c3ccc(OCCCCCCOC4OC4C)cc3)c3ccccc3-c3ccccc32)cc1. The van der Waals surface area contributed by atoms with E-state index in [-0.39, 0.29) is 24.8 Å². The second-order valence-electron chi connectivity index (χ2n) is 13.6. The van der Waals surface area contributed by atoms with E-state index in [1.807, 2.05) is 13.8 Å². The van der Waals surface area contributed by atoms with Crippen molar-refractivity contribution in [3.63, 3.8) is 0 Å². The molecule has 2 fully saturated rings. The predicted octanol–water partition coefficient (Wildman–Crippen LogP) is 9.45. The summed E-state index contributed by atoms with van der Waals surface area (Å²) < 4.78 is 34.3. The van der Waals surface area contributed by atoms with Crippen LogP contribution in [0.1, 0.15) is 87.5 Å². The summed E-state index contributed by atoms with van der Waals surface area (Å²) in [5.74, 6) is 1.81. The molecule has 4 aromatic rings. The second-order valence-corrected chi connectivity index (χ2v) is 13.6. The van der Waals surface area contributed by atoms with Gasteiger partial charge in [0.2, 0.25) is 0 Å². The van der Waals surface area contributed by atoms with Crippen LogP contribution in [0.4, 0.5) is 0 Å². The Bertz CT molecular complexity index is 1510. The Morgan fingerprint density at radius 1 is 0.469 bits per heavy atom. The summed E-state index contributed by atoms with van der Waals surface area (Å²) in [6.07, 6.45) is 9.30. The van der Waals surface area contributed by atoms with E-state index in [4.69, 9.17) is 28.4 Å². The Labute approximate surface area is 291 Å². The van der Waals surface area contributed by atoms with Crippen LogP contribution in [0.2, 0.25) is 0 Å². The molecule has 2 saturated heterocycles. The zero-order valence-electron chi connectivity index (χ0n) is 29.0. The van der Waals surface area contributed by atoms with Crippen LogP contribution in [0.3, 0.4) is 0 Å². The molecule has 2 aliphatic heterocycles. The van der Waals surface area contributed by atoms with Crippen LogP contribution in [0, 0.1) is 0 Å². The highest BCUT2D eigenvalue weighted by Gasteiger charge is 2.46. The maximum atomic E-state index is 6.20. The van der Waals surface area contributed by atoms with Gasteiger partial charge in [-0.3, -0.25) is 0 Å². The standard InChI is InChI=1S/C43H50O6/c1-31-41(48-31)46-29-13-5-3-11-27-44-35-23-19-33(20-24-35)43(39-17-9-7-15-37(39)38-16-8-10-18-40(38)43)34-21-25-36(26-22-34)45-28-12-4-6-14-30-47-42-32(2)49-42/h7-10,15-26,31-32,41-42H,3-6,11-14,27-30H2,1-2H3. The Balaban J connectivity index is 0.993. The Morgan fingerprint density at radius 2 is 0.837 bits per heavy atom. The van der Waals surface area contributed by atoms with E-state index in [1.165, 1.54) is 33.4 Å². The number of hydrogen-bond acceptors (Lipinski definition) is 6.